The number of carbonyl (C=O) groups excluding carboxylic acids is 1. The number of rotatable bonds is 7. The largest absolute Gasteiger partial charge is 0.466 e. The molecule has 1 N–H and O–H groups in total. The van der Waals surface area contributed by atoms with Crippen molar-refractivity contribution in [3.05, 3.63) is 57.8 Å². The molecule has 0 saturated heterocycles. The number of nitrogens with one attached hydrogen (secondary N) is 1. The number of carbonyl (C=O) groups is 1. The number of benzene rings is 1. The van der Waals surface area contributed by atoms with Gasteiger partial charge in [0, 0.05) is 13.0 Å². The number of aromatic amines is 1. The lowest BCUT2D eigenvalue weighted by Crippen LogP contribution is -2.35. The molecule has 0 amide bonds. The number of hydrogen-bond donors (Lipinski definition) is 1. The summed E-state index contributed by atoms with van der Waals surface area (Å²) in [6.45, 7) is 3.91. The molecule has 2 rings (SSSR count). The third-order valence-corrected chi connectivity index (χ3v) is 3.23. The van der Waals surface area contributed by atoms with E-state index in [9.17, 15) is 14.4 Å². The number of ether oxygens (including phenoxy) is 1. The Labute approximate surface area is 127 Å². The molecule has 0 radical (unpaired) electrons. The van der Waals surface area contributed by atoms with Crippen molar-refractivity contribution >= 4 is 16.9 Å². The van der Waals surface area contributed by atoms with Crippen molar-refractivity contribution in [2.75, 3.05) is 6.61 Å². The Morgan fingerprint density at radius 1 is 1.32 bits per heavy atom. The van der Waals surface area contributed by atoms with E-state index in [-0.39, 0.29) is 24.7 Å². The summed E-state index contributed by atoms with van der Waals surface area (Å²) in [7, 11) is 0. The zero-order chi connectivity index (χ0) is 15.9. The predicted octanol–water partition coefficient (Wildman–Crippen LogP) is 1.59. The average Bonchev–Trinajstić information content (AvgIpc) is 2.52. The summed E-state index contributed by atoms with van der Waals surface area (Å²) >= 11 is 0. The lowest BCUT2D eigenvalue weighted by molar-refractivity contribution is -0.143. The van der Waals surface area contributed by atoms with Gasteiger partial charge in [-0.1, -0.05) is 18.2 Å². The van der Waals surface area contributed by atoms with E-state index < -0.39 is 5.69 Å². The molecule has 6 nitrogen and oxygen atoms in total. The molecule has 0 atom stereocenters. The number of para-hydroxylation sites is 1. The SMILES string of the molecule is C=CCCC(=O)OCCCn1c(=O)[nH]c2ccccc2c1=O. The molecule has 0 unspecified atom stereocenters. The van der Waals surface area contributed by atoms with Crippen LogP contribution in [0.15, 0.2) is 46.5 Å². The highest BCUT2D eigenvalue weighted by Gasteiger charge is 2.07. The molecule has 0 bridgehead atoms. The van der Waals surface area contributed by atoms with Crippen LogP contribution in [0.4, 0.5) is 0 Å². The standard InChI is InChI=1S/C16H18N2O4/c1-2-3-9-14(19)22-11-6-10-18-15(20)12-7-4-5-8-13(12)17-16(18)21/h2,4-5,7-8H,1,3,6,9-11H2,(H,17,21). The Balaban J connectivity index is 2.00. The molecule has 0 fully saturated rings. The van der Waals surface area contributed by atoms with E-state index in [1.165, 1.54) is 0 Å². The van der Waals surface area contributed by atoms with Crippen LogP contribution in [0, 0.1) is 0 Å². The molecule has 1 aromatic carbocycles. The molecule has 1 aromatic heterocycles. The van der Waals surface area contributed by atoms with Crippen LogP contribution in [-0.4, -0.2) is 22.1 Å². The fourth-order valence-electron chi connectivity index (χ4n) is 2.10. The first-order valence-electron chi connectivity index (χ1n) is 7.12. The van der Waals surface area contributed by atoms with Gasteiger partial charge < -0.3 is 9.72 Å². The number of nitrogens with zero attached hydrogens (tertiary/aromatic N) is 1. The summed E-state index contributed by atoms with van der Waals surface area (Å²) in [5.74, 6) is -0.306. The summed E-state index contributed by atoms with van der Waals surface area (Å²) in [4.78, 5) is 38.1. The van der Waals surface area contributed by atoms with Crippen molar-refractivity contribution < 1.29 is 9.53 Å². The minimum absolute atomic E-state index is 0.175. The van der Waals surface area contributed by atoms with Gasteiger partial charge in [-0.3, -0.25) is 14.2 Å². The minimum Gasteiger partial charge on any atom is -0.466 e. The number of fused-ring (bicyclic) bond motifs is 1. The van der Waals surface area contributed by atoms with E-state index >= 15 is 0 Å². The first-order valence-corrected chi connectivity index (χ1v) is 7.12. The third kappa shape index (κ3) is 3.72. The molecular weight excluding hydrogens is 284 g/mol. The molecule has 22 heavy (non-hydrogen) atoms. The van der Waals surface area contributed by atoms with E-state index in [4.69, 9.17) is 4.74 Å². The van der Waals surface area contributed by atoms with E-state index in [2.05, 4.69) is 11.6 Å². The number of hydrogen-bond acceptors (Lipinski definition) is 4. The Morgan fingerprint density at radius 2 is 2.09 bits per heavy atom. The molecule has 0 aliphatic carbocycles. The number of allylic oxidation sites excluding steroid dienone is 1. The number of esters is 1. The maximum Gasteiger partial charge on any atom is 0.328 e. The number of H-pyrrole nitrogens is 1. The second kappa shape index (κ2) is 7.40. The number of aromatic nitrogens is 2. The van der Waals surface area contributed by atoms with Crippen LogP contribution in [0.5, 0.6) is 0 Å². The summed E-state index contributed by atoms with van der Waals surface area (Å²) in [5, 5.41) is 0.463. The predicted molar refractivity (Wildman–Crippen MR) is 83.8 cm³/mol. The molecule has 0 spiro atoms. The Hall–Kier alpha value is -2.63. The highest BCUT2D eigenvalue weighted by molar-refractivity contribution is 5.76. The van der Waals surface area contributed by atoms with Crippen LogP contribution in [0.2, 0.25) is 0 Å². The van der Waals surface area contributed by atoms with Gasteiger partial charge >= 0.3 is 11.7 Å². The summed E-state index contributed by atoms with van der Waals surface area (Å²) < 4.78 is 6.14. The van der Waals surface area contributed by atoms with Crippen molar-refractivity contribution in [1.82, 2.24) is 9.55 Å². The second-order valence-electron chi connectivity index (χ2n) is 4.83. The van der Waals surface area contributed by atoms with E-state index in [0.717, 1.165) is 4.57 Å². The smallest absolute Gasteiger partial charge is 0.328 e. The summed E-state index contributed by atoms with van der Waals surface area (Å²) in [6, 6.07) is 6.85. The van der Waals surface area contributed by atoms with Gasteiger partial charge in [0.2, 0.25) is 0 Å². The summed E-state index contributed by atoms with van der Waals surface area (Å²) in [5.41, 5.74) is -0.274. The van der Waals surface area contributed by atoms with E-state index in [1.54, 1.807) is 30.3 Å². The van der Waals surface area contributed by atoms with Crippen LogP contribution in [-0.2, 0) is 16.1 Å². The zero-order valence-electron chi connectivity index (χ0n) is 12.2. The Morgan fingerprint density at radius 3 is 2.86 bits per heavy atom. The van der Waals surface area contributed by atoms with Gasteiger partial charge in [-0.2, -0.15) is 0 Å². The van der Waals surface area contributed by atoms with E-state index in [0.29, 0.717) is 30.2 Å². The van der Waals surface area contributed by atoms with Crippen LogP contribution >= 0.6 is 0 Å². The fraction of sp³-hybridized carbons (Fsp3) is 0.312. The van der Waals surface area contributed by atoms with E-state index in [1.807, 2.05) is 0 Å². The van der Waals surface area contributed by atoms with Crippen molar-refractivity contribution in [2.24, 2.45) is 0 Å². The third-order valence-electron chi connectivity index (χ3n) is 3.23. The van der Waals surface area contributed by atoms with Gasteiger partial charge in [0.05, 0.1) is 17.5 Å². The molecule has 116 valence electrons. The van der Waals surface area contributed by atoms with Crippen molar-refractivity contribution in [3.63, 3.8) is 0 Å². The highest BCUT2D eigenvalue weighted by atomic mass is 16.5. The Bertz CT molecular complexity index is 789. The highest BCUT2D eigenvalue weighted by Crippen LogP contribution is 2.03. The lowest BCUT2D eigenvalue weighted by atomic mass is 10.2. The van der Waals surface area contributed by atoms with Gasteiger partial charge in [-0.15, -0.1) is 6.58 Å². The van der Waals surface area contributed by atoms with Gasteiger partial charge in [-0.05, 0) is 25.0 Å². The molecular formula is C16H18N2O4. The Kier molecular flexibility index (Phi) is 5.30. The normalized spacial score (nSPS) is 10.5. The zero-order valence-corrected chi connectivity index (χ0v) is 12.2. The van der Waals surface area contributed by atoms with Crippen molar-refractivity contribution in [3.8, 4) is 0 Å². The fourth-order valence-corrected chi connectivity index (χ4v) is 2.10. The van der Waals surface area contributed by atoms with Gasteiger partial charge in [0.25, 0.3) is 5.56 Å². The maximum atomic E-state index is 12.2. The summed E-state index contributed by atoms with van der Waals surface area (Å²) in [6.07, 6.45) is 2.92. The second-order valence-corrected chi connectivity index (χ2v) is 4.83. The molecule has 1 heterocycles. The minimum atomic E-state index is -0.457. The van der Waals surface area contributed by atoms with Gasteiger partial charge in [0.15, 0.2) is 0 Å². The first kappa shape index (κ1) is 15.8. The van der Waals surface area contributed by atoms with Gasteiger partial charge in [0.1, 0.15) is 0 Å². The topological polar surface area (TPSA) is 81.2 Å². The molecule has 6 heteroatoms. The monoisotopic (exact) mass is 302 g/mol. The maximum absolute atomic E-state index is 12.2. The van der Waals surface area contributed by atoms with Crippen LogP contribution in [0.25, 0.3) is 10.9 Å². The van der Waals surface area contributed by atoms with Crippen molar-refractivity contribution in [1.29, 1.82) is 0 Å². The molecule has 2 aromatic rings. The van der Waals surface area contributed by atoms with Crippen molar-refractivity contribution in [2.45, 2.75) is 25.8 Å². The van der Waals surface area contributed by atoms with Crippen LogP contribution in [0.3, 0.4) is 0 Å². The van der Waals surface area contributed by atoms with Gasteiger partial charge in [-0.25, -0.2) is 4.79 Å². The quantitative estimate of drug-likeness (QED) is 0.478. The molecule has 0 aliphatic rings. The average molecular weight is 302 g/mol. The van der Waals surface area contributed by atoms with Crippen LogP contribution in [0.1, 0.15) is 19.3 Å². The molecule has 0 saturated carbocycles. The van der Waals surface area contributed by atoms with Crippen LogP contribution < -0.4 is 11.2 Å². The lowest BCUT2D eigenvalue weighted by Gasteiger charge is -2.07. The first-order chi connectivity index (χ1) is 10.6. The molecule has 0 aliphatic heterocycles.